The van der Waals surface area contributed by atoms with Gasteiger partial charge in [-0.3, -0.25) is 4.90 Å². The van der Waals surface area contributed by atoms with Gasteiger partial charge in [-0.2, -0.15) is 0 Å². The molecule has 2 amide bonds. The Morgan fingerprint density at radius 2 is 1.32 bits per heavy atom. The Morgan fingerprint density at radius 1 is 0.774 bits per heavy atom. The molecule has 3 aromatic carbocycles. The summed E-state index contributed by atoms with van der Waals surface area (Å²) in [6.07, 6.45) is 1.81. The second kappa shape index (κ2) is 11.1. The molecule has 0 saturated heterocycles. The third kappa shape index (κ3) is 5.67. The molecule has 0 heterocycles. The molecule has 0 aliphatic heterocycles. The van der Waals surface area contributed by atoms with E-state index in [0.29, 0.717) is 34.5 Å². The van der Waals surface area contributed by atoms with Gasteiger partial charge in [0.15, 0.2) is 0 Å². The van der Waals surface area contributed by atoms with Crippen molar-refractivity contribution in [3.05, 3.63) is 92.4 Å². The van der Waals surface area contributed by atoms with E-state index in [2.05, 4.69) is 6.92 Å². The first kappa shape index (κ1) is 23.7. The van der Waals surface area contributed by atoms with E-state index in [-0.39, 0.29) is 16.1 Å². The fourth-order valence-electron chi connectivity index (χ4n) is 3.20. The van der Waals surface area contributed by atoms with E-state index in [1.807, 2.05) is 30.3 Å². The zero-order chi connectivity index (χ0) is 22.4. The Labute approximate surface area is 203 Å². The van der Waals surface area contributed by atoms with Gasteiger partial charge in [-0.05, 0) is 36.2 Å². The van der Waals surface area contributed by atoms with Crippen LogP contribution in [0.5, 0.6) is 0 Å². The van der Waals surface area contributed by atoms with Crippen molar-refractivity contribution in [1.29, 1.82) is 0 Å². The maximum absolute atomic E-state index is 13.9. The molecule has 3 rings (SSSR count). The number of amides is 2. The van der Waals surface area contributed by atoms with Crippen LogP contribution in [-0.2, 0) is 6.54 Å². The van der Waals surface area contributed by atoms with Crippen molar-refractivity contribution >= 4 is 63.8 Å². The summed E-state index contributed by atoms with van der Waals surface area (Å²) in [5, 5.41) is 1.23. The Morgan fingerprint density at radius 3 is 1.84 bits per heavy atom. The number of hydrogen-bond acceptors (Lipinski definition) is 1. The van der Waals surface area contributed by atoms with E-state index in [1.165, 1.54) is 4.90 Å². The number of urea groups is 1. The zero-order valence-corrected chi connectivity index (χ0v) is 20.0. The molecule has 3 nitrogen and oxygen atoms in total. The summed E-state index contributed by atoms with van der Waals surface area (Å²) in [5.74, 6) is 0. The number of benzene rings is 3. The minimum atomic E-state index is -0.259. The molecule has 0 unspecified atom stereocenters. The molecule has 0 aromatic heterocycles. The van der Waals surface area contributed by atoms with Gasteiger partial charge in [-0.15, -0.1) is 0 Å². The number of carbonyl (C=O) groups excluding carboxylic acids is 1. The first-order valence-electron chi connectivity index (χ1n) is 9.95. The third-order valence-electron chi connectivity index (χ3n) is 4.80. The second-order valence-corrected chi connectivity index (χ2v) is 8.59. The highest BCUT2D eigenvalue weighted by atomic mass is 35.5. The van der Waals surface area contributed by atoms with Gasteiger partial charge in [0.1, 0.15) is 0 Å². The van der Waals surface area contributed by atoms with Crippen molar-refractivity contribution in [2.45, 2.75) is 26.3 Å². The summed E-state index contributed by atoms with van der Waals surface area (Å²) in [7, 11) is 0. The Bertz CT molecular complexity index is 992. The number of anilines is 2. The quantitative estimate of drug-likeness (QED) is 0.321. The lowest BCUT2D eigenvalue weighted by Crippen LogP contribution is -2.41. The molecule has 0 fully saturated rings. The highest BCUT2D eigenvalue weighted by molar-refractivity contribution is 6.45. The second-order valence-electron chi connectivity index (χ2n) is 7.02. The Hall–Kier alpha value is -1.91. The van der Waals surface area contributed by atoms with Crippen molar-refractivity contribution in [3.8, 4) is 0 Å². The largest absolute Gasteiger partial charge is 0.329 e. The maximum atomic E-state index is 13.9. The maximum Gasteiger partial charge on any atom is 0.329 e. The van der Waals surface area contributed by atoms with Crippen molar-refractivity contribution < 1.29 is 4.79 Å². The summed E-state index contributed by atoms with van der Waals surface area (Å²) in [5.41, 5.74) is 1.91. The monoisotopic (exact) mass is 494 g/mol. The van der Waals surface area contributed by atoms with E-state index in [4.69, 9.17) is 46.4 Å². The molecular formula is C24H22Cl4N2O. The van der Waals surface area contributed by atoms with Crippen molar-refractivity contribution in [1.82, 2.24) is 4.90 Å². The van der Waals surface area contributed by atoms with Gasteiger partial charge in [0.25, 0.3) is 0 Å². The molecule has 31 heavy (non-hydrogen) atoms. The van der Waals surface area contributed by atoms with Crippen LogP contribution < -0.4 is 4.90 Å². The van der Waals surface area contributed by atoms with Gasteiger partial charge in [0.05, 0.1) is 31.5 Å². The predicted octanol–water partition coefficient (Wildman–Crippen LogP) is 8.86. The molecule has 0 aliphatic rings. The minimum absolute atomic E-state index is 0.259. The van der Waals surface area contributed by atoms with E-state index in [9.17, 15) is 4.79 Å². The standard InChI is InChI=1S/C24H22Cl4N2O/c1-2-3-15-29(16-17-9-5-4-6-10-17)24(31)30(20-13-7-11-18(25)22(20)27)21-14-8-12-19(26)23(21)28/h4-14H,2-3,15-16H2,1H3. The lowest BCUT2D eigenvalue weighted by molar-refractivity contribution is 0.203. The number of hydrogen-bond donors (Lipinski definition) is 0. The minimum Gasteiger partial charge on any atom is -0.320 e. The molecule has 0 radical (unpaired) electrons. The molecule has 0 N–H and O–H groups in total. The van der Waals surface area contributed by atoms with Gasteiger partial charge in [-0.25, -0.2) is 4.79 Å². The average Bonchev–Trinajstić information content (AvgIpc) is 2.77. The molecule has 0 saturated carbocycles. The Kier molecular flexibility index (Phi) is 8.50. The molecule has 0 atom stereocenters. The van der Waals surface area contributed by atoms with Crippen LogP contribution in [0.4, 0.5) is 16.2 Å². The van der Waals surface area contributed by atoms with Gasteiger partial charge < -0.3 is 4.90 Å². The lowest BCUT2D eigenvalue weighted by Gasteiger charge is -2.32. The van der Waals surface area contributed by atoms with Gasteiger partial charge >= 0.3 is 6.03 Å². The smallest absolute Gasteiger partial charge is 0.320 e. The number of halogens is 4. The first-order chi connectivity index (χ1) is 14.9. The van der Waals surface area contributed by atoms with E-state index >= 15 is 0 Å². The molecule has 0 spiro atoms. The normalized spacial score (nSPS) is 10.7. The number of carbonyl (C=O) groups is 1. The lowest BCUT2D eigenvalue weighted by atomic mass is 10.2. The number of unbranched alkanes of at least 4 members (excludes halogenated alkanes) is 1. The summed E-state index contributed by atoms with van der Waals surface area (Å²) in [6.45, 7) is 3.12. The van der Waals surface area contributed by atoms with Crippen LogP contribution >= 0.6 is 46.4 Å². The van der Waals surface area contributed by atoms with E-state index in [1.54, 1.807) is 41.3 Å². The van der Waals surface area contributed by atoms with Crippen LogP contribution in [0, 0.1) is 0 Å². The highest BCUT2D eigenvalue weighted by Gasteiger charge is 2.28. The number of rotatable bonds is 7. The van der Waals surface area contributed by atoms with Gasteiger partial charge in [0, 0.05) is 13.1 Å². The van der Waals surface area contributed by atoms with Crippen molar-refractivity contribution in [2.24, 2.45) is 0 Å². The summed E-state index contributed by atoms with van der Waals surface area (Å²) >= 11 is 25.6. The summed E-state index contributed by atoms with van der Waals surface area (Å²) in [4.78, 5) is 17.2. The van der Waals surface area contributed by atoms with Crippen LogP contribution in [0.1, 0.15) is 25.3 Å². The number of nitrogens with zero attached hydrogens (tertiary/aromatic N) is 2. The highest BCUT2D eigenvalue weighted by Crippen LogP contribution is 2.41. The Balaban J connectivity index is 2.10. The molecule has 0 bridgehead atoms. The van der Waals surface area contributed by atoms with Crippen LogP contribution in [0.2, 0.25) is 20.1 Å². The summed E-state index contributed by atoms with van der Waals surface area (Å²) in [6, 6.07) is 19.9. The van der Waals surface area contributed by atoms with Crippen molar-refractivity contribution in [2.75, 3.05) is 11.4 Å². The van der Waals surface area contributed by atoms with Gasteiger partial charge in [-0.1, -0.05) is 102 Å². The summed E-state index contributed by atoms with van der Waals surface area (Å²) < 4.78 is 0. The van der Waals surface area contributed by atoms with Crippen molar-refractivity contribution in [3.63, 3.8) is 0 Å². The fourth-order valence-corrected chi connectivity index (χ4v) is 3.96. The average molecular weight is 496 g/mol. The van der Waals surface area contributed by atoms with E-state index in [0.717, 1.165) is 18.4 Å². The molecule has 3 aromatic rings. The van der Waals surface area contributed by atoms with Crippen LogP contribution in [0.3, 0.4) is 0 Å². The molecular weight excluding hydrogens is 474 g/mol. The van der Waals surface area contributed by atoms with Crippen LogP contribution in [0.15, 0.2) is 66.7 Å². The van der Waals surface area contributed by atoms with Crippen LogP contribution in [0.25, 0.3) is 0 Å². The first-order valence-corrected chi connectivity index (χ1v) is 11.5. The fraction of sp³-hybridized carbons (Fsp3) is 0.208. The topological polar surface area (TPSA) is 23.6 Å². The zero-order valence-electron chi connectivity index (χ0n) is 17.0. The molecule has 7 heteroatoms. The van der Waals surface area contributed by atoms with E-state index < -0.39 is 0 Å². The SMILES string of the molecule is CCCCN(Cc1ccccc1)C(=O)N(c1cccc(Cl)c1Cl)c1cccc(Cl)c1Cl. The van der Waals surface area contributed by atoms with Gasteiger partial charge in [0.2, 0.25) is 0 Å². The van der Waals surface area contributed by atoms with Crippen LogP contribution in [-0.4, -0.2) is 17.5 Å². The molecule has 162 valence electrons. The molecule has 0 aliphatic carbocycles. The predicted molar refractivity (Wildman–Crippen MR) is 132 cm³/mol. The third-order valence-corrected chi connectivity index (χ3v) is 6.42.